The molecule has 4 aliphatic carbocycles. The average Bonchev–Trinajstić information content (AvgIpc) is 3.06. The molecule has 4 bridgehead atoms. The van der Waals surface area contributed by atoms with Gasteiger partial charge in [0.05, 0.1) is 0 Å². The molecule has 6 aromatic rings. The van der Waals surface area contributed by atoms with Crippen molar-refractivity contribution in [3.8, 4) is 0 Å². The second-order valence-corrected chi connectivity index (χ2v) is 17.0. The molecule has 6 aromatic carbocycles. The zero-order valence-corrected chi connectivity index (χ0v) is 29.2. The van der Waals surface area contributed by atoms with E-state index in [-0.39, 0.29) is 0 Å². The maximum atomic E-state index is 2.58. The summed E-state index contributed by atoms with van der Waals surface area (Å²) in [6.07, 6.45) is 4.15. The van der Waals surface area contributed by atoms with Crippen molar-refractivity contribution in [3.05, 3.63) is 178 Å². The number of rotatable bonds is 6. The molecular formula is C44H42P2. The SMILES string of the molecule is Cc1ccccc1P(c1ccccc1C)c1cc2ccc1CCc1ccc(c(P(c3ccccc3C)c3ccccc3C)c1)CC2. The van der Waals surface area contributed by atoms with Crippen LogP contribution in [0.5, 0.6) is 0 Å². The van der Waals surface area contributed by atoms with Gasteiger partial charge in [-0.3, -0.25) is 0 Å². The Morgan fingerprint density at radius 3 is 0.935 bits per heavy atom. The van der Waals surface area contributed by atoms with Crippen LogP contribution in [0.25, 0.3) is 0 Å². The Kier molecular flexibility index (Phi) is 9.04. The lowest BCUT2D eigenvalue weighted by atomic mass is 9.96. The molecule has 0 nitrogen and oxygen atoms in total. The third-order valence-electron chi connectivity index (χ3n) is 9.57. The summed E-state index contributed by atoms with van der Waals surface area (Å²) in [6, 6.07) is 51.2. The highest BCUT2D eigenvalue weighted by molar-refractivity contribution is 7.80. The minimum Gasteiger partial charge on any atom is -0.0620 e. The van der Waals surface area contributed by atoms with Crippen LogP contribution in [0.1, 0.15) is 44.5 Å². The van der Waals surface area contributed by atoms with Crippen molar-refractivity contribution >= 4 is 47.7 Å². The summed E-state index contributed by atoms with van der Waals surface area (Å²) in [5, 5.41) is 8.98. The van der Waals surface area contributed by atoms with Gasteiger partial charge < -0.3 is 0 Å². The third-order valence-corrected chi connectivity index (χ3v) is 15.3. The molecule has 0 unspecified atom stereocenters. The first-order valence-electron chi connectivity index (χ1n) is 16.5. The lowest BCUT2D eigenvalue weighted by molar-refractivity contribution is 0.933. The van der Waals surface area contributed by atoms with E-state index in [1.807, 2.05) is 0 Å². The minimum absolute atomic E-state index is 0.679. The van der Waals surface area contributed by atoms with Crippen LogP contribution in [-0.2, 0) is 25.7 Å². The predicted molar refractivity (Wildman–Crippen MR) is 204 cm³/mol. The molecule has 10 rings (SSSR count). The van der Waals surface area contributed by atoms with Crippen LogP contribution in [0.2, 0.25) is 0 Å². The van der Waals surface area contributed by atoms with Crippen LogP contribution in [0.4, 0.5) is 0 Å². The molecular weight excluding hydrogens is 590 g/mol. The maximum Gasteiger partial charge on any atom is -0.0116 e. The fraction of sp³-hybridized carbons (Fsp3) is 0.182. The molecule has 46 heavy (non-hydrogen) atoms. The van der Waals surface area contributed by atoms with Crippen molar-refractivity contribution < 1.29 is 0 Å². The molecule has 0 N–H and O–H groups in total. The number of hydrogen-bond acceptors (Lipinski definition) is 0. The van der Waals surface area contributed by atoms with Gasteiger partial charge in [0.2, 0.25) is 0 Å². The number of benzene rings is 6. The first-order chi connectivity index (χ1) is 22.5. The van der Waals surface area contributed by atoms with Gasteiger partial charge in [0.1, 0.15) is 0 Å². The van der Waals surface area contributed by atoms with Crippen molar-refractivity contribution in [3.63, 3.8) is 0 Å². The molecule has 0 saturated carbocycles. The van der Waals surface area contributed by atoms with Gasteiger partial charge >= 0.3 is 0 Å². The Hall–Kier alpha value is -3.82. The van der Waals surface area contributed by atoms with Crippen LogP contribution in [-0.4, -0.2) is 0 Å². The molecule has 0 amide bonds. The van der Waals surface area contributed by atoms with Crippen LogP contribution in [0.15, 0.2) is 133 Å². The molecule has 4 aliphatic rings. The van der Waals surface area contributed by atoms with Gasteiger partial charge in [0, 0.05) is 0 Å². The van der Waals surface area contributed by atoms with Gasteiger partial charge in [-0.25, -0.2) is 0 Å². The van der Waals surface area contributed by atoms with Gasteiger partial charge in [0.15, 0.2) is 0 Å². The molecule has 2 heteroatoms. The van der Waals surface area contributed by atoms with E-state index in [2.05, 4.69) is 161 Å². The number of hydrogen-bond donors (Lipinski definition) is 0. The van der Waals surface area contributed by atoms with E-state index in [9.17, 15) is 0 Å². The molecule has 0 saturated heterocycles. The van der Waals surface area contributed by atoms with E-state index in [1.54, 1.807) is 0 Å². The van der Waals surface area contributed by atoms with Crippen LogP contribution >= 0.6 is 15.8 Å². The second kappa shape index (κ2) is 13.5. The minimum atomic E-state index is -0.679. The smallest absolute Gasteiger partial charge is 0.0116 e. The van der Waals surface area contributed by atoms with Crippen LogP contribution < -0.4 is 31.8 Å². The summed E-state index contributed by atoms with van der Waals surface area (Å²) in [5.74, 6) is 0. The van der Waals surface area contributed by atoms with E-state index >= 15 is 0 Å². The largest absolute Gasteiger partial charge is 0.0620 e. The second-order valence-electron chi connectivity index (χ2n) is 12.7. The fourth-order valence-electron chi connectivity index (χ4n) is 6.96. The quantitative estimate of drug-likeness (QED) is 0.162. The Morgan fingerprint density at radius 1 is 0.326 bits per heavy atom. The van der Waals surface area contributed by atoms with E-state index in [4.69, 9.17) is 0 Å². The first kappa shape index (κ1) is 30.8. The Balaban J connectivity index is 1.35. The summed E-state index contributed by atoms with van der Waals surface area (Å²) in [7, 11) is -1.36. The number of aryl methyl sites for hydroxylation is 8. The zero-order valence-electron chi connectivity index (χ0n) is 27.4. The lowest BCUT2D eigenvalue weighted by Crippen LogP contribution is -2.28. The van der Waals surface area contributed by atoms with E-state index in [0.29, 0.717) is 0 Å². The summed E-state index contributed by atoms with van der Waals surface area (Å²) in [4.78, 5) is 0. The molecule has 0 aliphatic heterocycles. The van der Waals surface area contributed by atoms with Crippen molar-refractivity contribution in [2.24, 2.45) is 0 Å². The van der Waals surface area contributed by atoms with Gasteiger partial charge in [0.25, 0.3) is 0 Å². The Labute approximate surface area is 278 Å². The fourth-order valence-corrected chi connectivity index (χ4v) is 12.7. The molecule has 0 spiro atoms. The van der Waals surface area contributed by atoms with Crippen molar-refractivity contribution in [2.75, 3.05) is 0 Å². The van der Waals surface area contributed by atoms with Crippen molar-refractivity contribution in [2.45, 2.75) is 53.4 Å². The highest BCUT2D eigenvalue weighted by atomic mass is 31.1. The third kappa shape index (κ3) is 6.15. The van der Waals surface area contributed by atoms with Crippen molar-refractivity contribution in [1.82, 2.24) is 0 Å². The maximum absolute atomic E-state index is 2.58. The molecule has 0 heterocycles. The summed E-state index contributed by atoms with van der Waals surface area (Å²) < 4.78 is 0. The molecule has 0 fully saturated rings. The highest BCUT2D eigenvalue weighted by Gasteiger charge is 2.26. The lowest BCUT2D eigenvalue weighted by Gasteiger charge is -2.28. The highest BCUT2D eigenvalue weighted by Crippen LogP contribution is 2.39. The topological polar surface area (TPSA) is 0 Å². The Bertz CT molecular complexity index is 1780. The van der Waals surface area contributed by atoms with Gasteiger partial charge in [-0.05, 0) is 146 Å². The summed E-state index contributed by atoms with van der Waals surface area (Å²) in [6.45, 7) is 9.14. The van der Waals surface area contributed by atoms with Crippen molar-refractivity contribution in [1.29, 1.82) is 0 Å². The van der Waals surface area contributed by atoms with Crippen LogP contribution in [0.3, 0.4) is 0 Å². The Morgan fingerprint density at radius 2 is 0.630 bits per heavy atom. The molecule has 0 atom stereocenters. The van der Waals surface area contributed by atoms with Gasteiger partial charge in [-0.2, -0.15) is 0 Å². The van der Waals surface area contributed by atoms with E-state index in [1.165, 1.54) is 76.3 Å². The summed E-state index contributed by atoms with van der Waals surface area (Å²) in [5.41, 5.74) is 11.4. The predicted octanol–water partition coefficient (Wildman–Crippen LogP) is 8.32. The zero-order chi connectivity index (χ0) is 31.6. The summed E-state index contributed by atoms with van der Waals surface area (Å²) >= 11 is 0. The van der Waals surface area contributed by atoms with E-state index in [0.717, 1.165) is 25.7 Å². The average molecular weight is 633 g/mol. The molecule has 0 radical (unpaired) electrons. The van der Waals surface area contributed by atoms with E-state index < -0.39 is 15.8 Å². The monoisotopic (exact) mass is 632 g/mol. The first-order valence-corrected chi connectivity index (χ1v) is 19.2. The standard InChI is InChI=1S/C44H42P2/c1-31-13-5-9-17-39(31)45(40-18-10-6-14-32(40)2)43-29-35-21-25-37(43)27-23-36-22-26-38(28-24-35)44(30-36)46(41-19-11-7-15-33(41)3)42-20-12-8-16-34(42)4/h5-22,25-26,29-30H,23-24,27-28H2,1-4H3. The normalized spacial score (nSPS) is 12.8. The van der Waals surface area contributed by atoms with Gasteiger partial charge in [-0.15, -0.1) is 0 Å². The molecule has 228 valence electrons. The van der Waals surface area contributed by atoms with Gasteiger partial charge in [-0.1, -0.05) is 133 Å². The molecule has 0 aromatic heterocycles. The van der Waals surface area contributed by atoms with Crippen LogP contribution in [0, 0.1) is 27.7 Å².